The van der Waals surface area contributed by atoms with Crippen molar-refractivity contribution < 1.29 is 14.6 Å². The predicted molar refractivity (Wildman–Crippen MR) is 77.2 cm³/mol. The van der Waals surface area contributed by atoms with Crippen LogP contribution in [-0.4, -0.2) is 42.2 Å². The number of hydrogen-bond donors (Lipinski definition) is 1. The minimum absolute atomic E-state index is 0.151. The van der Waals surface area contributed by atoms with Gasteiger partial charge in [0.1, 0.15) is 5.75 Å². The van der Waals surface area contributed by atoms with Crippen LogP contribution < -0.4 is 4.74 Å². The van der Waals surface area contributed by atoms with Crippen LogP contribution in [0.5, 0.6) is 5.75 Å². The predicted octanol–water partition coefficient (Wildman–Crippen LogP) is 2.16. The SMILES string of the molecule is COc1cc(I)c(Cl)cc1C(=O)N1CCC(O)C1. The van der Waals surface area contributed by atoms with Crippen LogP contribution in [0.2, 0.25) is 5.02 Å². The molecule has 0 aliphatic carbocycles. The first-order valence-electron chi connectivity index (χ1n) is 5.53. The lowest BCUT2D eigenvalue weighted by Crippen LogP contribution is -2.29. The number of rotatable bonds is 2. The summed E-state index contributed by atoms with van der Waals surface area (Å²) in [4.78, 5) is 13.9. The molecule has 1 unspecified atom stereocenters. The molecule has 1 aromatic rings. The van der Waals surface area contributed by atoms with E-state index in [0.717, 1.165) is 3.57 Å². The van der Waals surface area contributed by atoms with Gasteiger partial charge < -0.3 is 14.7 Å². The van der Waals surface area contributed by atoms with Gasteiger partial charge in [0.15, 0.2) is 0 Å². The van der Waals surface area contributed by atoms with E-state index in [1.807, 2.05) is 0 Å². The first-order chi connectivity index (χ1) is 8.52. The lowest BCUT2D eigenvalue weighted by molar-refractivity contribution is 0.0761. The van der Waals surface area contributed by atoms with Crippen molar-refractivity contribution in [3.8, 4) is 5.75 Å². The highest BCUT2D eigenvalue weighted by atomic mass is 127. The van der Waals surface area contributed by atoms with E-state index in [1.165, 1.54) is 7.11 Å². The molecule has 1 fully saturated rings. The summed E-state index contributed by atoms with van der Waals surface area (Å²) >= 11 is 8.13. The second-order valence-corrected chi connectivity index (χ2v) is 5.73. The van der Waals surface area contributed by atoms with Crippen LogP contribution in [-0.2, 0) is 0 Å². The van der Waals surface area contributed by atoms with Gasteiger partial charge in [-0.05, 0) is 41.1 Å². The summed E-state index contributed by atoms with van der Waals surface area (Å²) in [7, 11) is 1.52. The maximum Gasteiger partial charge on any atom is 0.257 e. The molecule has 1 saturated heterocycles. The van der Waals surface area contributed by atoms with Crippen molar-refractivity contribution in [2.75, 3.05) is 20.2 Å². The van der Waals surface area contributed by atoms with Crippen LogP contribution >= 0.6 is 34.2 Å². The van der Waals surface area contributed by atoms with Gasteiger partial charge in [0.05, 0.1) is 23.8 Å². The molecule has 0 saturated carbocycles. The summed E-state index contributed by atoms with van der Waals surface area (Å²) in [5, 5.41) is 10.00. The Kier molecular flexibility index (Phi) is 4.34. The minimum atomic E-state index is -0.431. The molecule has 1 aromatic carbocycles. The lowest BCUT2D eigenvalue weighted by atomic mass is 10.1. The summed E-state index contributed by atoms with van der Waals surface area (Å²) in [6.45, 7) is 0.929. The number of nitrogens with zero attached hydrogens (tertiary/aromatic N) is 1. The lowest BCUT2D eigenvalue weighted by Gasteiger charge is -2.18. The van der Waals surface area contributed by atoms with Gasteiger partial charge >= 0.3 is 0 Å². The van der Waals surface area contributed by atoms with Crippen LogP contribution in [0.15, 0.2) is 12.1 Å². The van der Waals surface area contributed by atoms with E-state index < -0.39 is 6.10 Å². The van der Waals surface area contributed by atoms with Gasteiger partial charge in [-0.25, -0.2) is 0 Å². The molecule has 1 aliphatic heterocycles. The molecule has 0 aromatic heterocycles. The van der Waals surface area contributed by atoms with Crippen LogP contribution in [0.4, 0.5) is 0 Å². The smallest absolute Gasteiger partial charge is 0.257 e. The zero-order chi connectivity index (χ0) is 13.3. The van der Waals surface area contributed by atoms with Gasteiger partial charge in [0, 0.05) is 16.7 Å². The fraction of sp³-hybridized carbons (Fsp3) is 0.417. The molecule has 0 spiro atoms. The Bertz CT molecular complexity index is 481. The van der Waals surface area contributed by atoms with Gasteiger partial charge in [0.25, 0.3) is 5.91 Å². The van der Waals surface area contributed by atoms with Crippen LogP contribution in [0.3, 0.4) is 0 Å². The van der Waals surface area contributed by atoms with Gasteiger partial charge in [0.2, 0.25) is 0 Å². The maximum absolute atomic E-state index is 12.3. The van der Waals surface area contributed by atoms with Gasteiger partial charge in [-0.2, -0.15) is 0 Å². The number of likely N-dealkylation sites (tertiary alicyclic amines) is 1. The van der Waals surface area contributed by atoms with E-state index in [9.17, 15) is 9.90 Å². The number of aliphatic hydroxyl groups is 1. The Morgan fingerprint density at radius 3 is 2.89 bits per heavy atom. The monoisotopic (exact) mass is 381 g/mol. The number of ether oxygens (including phenoxy) is 1. The summed E-state index contributed by atoms with van der Waals surface area (Å²) in [6, 6.07) is 3.36. The van der Waals surface area contributed by atoms with E-state index in [4.69, 9.17) is 16.3 Å². The summed E-state index contributed by atoms with van der Waals surface area (Å²) in [5.74, 6) is 0.358. The van der Waals surface area contributed by atoms with Crippen LogP contribution in [0, 0.1) is 3.57 Å². The molecular weight excluding hydrogens is 368 g/mol. The second-order valence-electron chi connectivity index (χ2n) is 4.16. The highest BCUT2D eigenvalue weighted by Crippen LogP contribution is 2.29. The molecule has 0 radical (unpaired) electrons. The normalized spacial score (nSPS) is 19.1. The molecule has 2 rings (SSSR count). The molecular formula is C12H13ClINO3. The number of carbonyl (C=O) groups excluding carboxylic acids is 1. The fourth-order valence-corrected chi connectivity index (χ4v) is 2.56. The minimum Gasteiger partial charge on any atom is -0.496 e. The molecule has 1 aliphatic rings. The third-order valence-electron chi connectivity index (χ3n) is 2.92. The highest BCUT2D eigenvalue weighted by Gasteiger charge is 2.27. The first-order valence-corrected chi connectivity index (χ1v) is 6.99. The Labute approximate surface area is 124 Å². The van der Waals surface area contributed by atoms with E-state index in [-0.39, 0.29) is 5.91 Å². The topological polar surface area (TPSA) is 49.8 Å². The largest absolute Gasteiger partial charge is 0.496 e. The number of β-amino-alcohol motifs (C(OH)–C–C–N with tert-alkyl or cyclic N) is 1. The number of aliphatic hydroxyl groups excluding tert-OH is 1. The number of amides is 1. The Morgan fingerprint density at radius 2 is 2.33 bits per heavy atom. The average molecular weight is 382 g/mol. The van der Waals surface area contributed by atoms with Crippen molar-refractivity contribution in [2.45, 2.75) is 12.5 Å². The number of hydrogen-bond acceptors (Lipinski definition) is 3. The van der Waals surface area contributed by atoms with Crippen LogP contribution in [0.25, 0.3) is 0 Å². The average Bonchev–Trinajstić information content (AvgIpc) is 2.78. The van der Waals surface area contributed by atoms with E-state index in [2.05, 4.69) is 22.6 Å². The molecule has 18 heavy (non-hydrogen) atoms. The second kappa shape index (κ2) is 5.63. The van der Waals surface area contributed by atoms with E-state index in [0.29, 0.717) is 35.8 Å². The standard InChI is InChI=1S/C12H13ClINO3/c1-18-11-5-10(14)9(13)4-8(11)12(17)15-3-2-7(16)6-15/h4-5,7,16H,2-3,6H2,1H3. The quantitative estimate of drug-likeness (QED) is 0.799. The molecule has 6 heteroatoms. The molecule has 4 nitrogen and oxygen atoms in total. The molecule has 1 amide bonds. The summed E-state index contributed by atoms with van der Waals surface area (Å²) in [5.41, 5.74) is 0.442. The number of carbonyl (C=O) groups is 1. The number of benzene rings is 1. The highest BCUT2D eigenvalue weighted by molar-refractivity contribution is 14.1. The fourth-order valence-electron chi connectivity index (χ4n) is 1.96. The molecule has 1 atom stereocenters. The first kappa shape index (κ1) is 13.9. The van der Waals surface area contributed by atoms with Crippen molar-refractivity contribution in [2.24, 2.45) is 0 Å². The van der Waals surface area contributed by atoms with Gasteiger partial charge in [-0.3, -0.25) is 4.79 Å². The van der Waals surface area contributed by atoms with Crippen molar-refractivity contribution in [1.82, 2.24) is 4.90 Å². The van der Waals surface area contributed by atoms with Crippen molar-refractivity contribution >= 4 is 40.1 Å². The zero-order valence-electron chi connectivity index (χ0n) is 9.82. The third kappa shape index (κ3) is 2.73. The summed E-state index contributed by atoms with van der Waals surface area (Å²) < 4.78 is 6.05. The molecule has 1 heterocycles. The van der Waals surface area contributed by atoms with Gasteiger partial charge in [-0.1, -0.05) is 11.6 Å². The van der Waals surface area contributed by atoms with Crippen molar-refractivity contribution in [3.05, 3.63) is 26.3 Å². The molecule has 98 valence electrons. The Balaban J connectivity index is 2.32. The Hall–Kier alpha value is -0.530. The Morgan fingerprint density at radius 1 is 1.61 bits per heavy atom. The zero-order valence-corrected chi connectivity index (χ0v) is 12.7. The van der Waals surface area contributed by atoms with Crippen LogP contribution in [0.1, 0.15) is 16.8 Å². The molecule has 0 bridgehead atoms. The van der Waals surface area contributed by atoms with E-state index in [1.54, 1.807) is 17.0 Å². The third-order valence-corrected chi connectivity index (χ3v) is 4.45. The van der Waals surface area contributed by atoms with E-state index >= 15 is 0 Å². The maximum atomic E-state index is 12.3. The summed E-state index contributed by atoms with van der Waals surface area (Å²) in [6.07, 6.45) is 0.186. The van der Waals surface area contributed by atoms with Crippen molar-refractivity contribution in [1.29, 1.82) is 0 Å². The molecule has 1 N–H and O–H groups in total. The van der Waals surface area contributed by atoms with Gasteiger partial charge in [-0.15, -0.1) is 0 Å². The number of halogens is 2. The number of methoxy groups -OCH3 is 1. The van der Waals surface area contributed by atoms with Crippen molar-refractivity contribution in [3.63, 3.8) is 0 Å².